The zero-order valence-corrected chi connectivity index (χ0v) is 11.4. The highest BCUT2D eigenvalue weighted by Gasteiger charge is 2.26. The van der Waals surface area contributed by atoms with Gasteiger partial charge in [0.1, 0.15) is 6.67 Å². The first-order chi connectivity index (χ1) is 8.65. The van der Waals surface area contributed by atoms with Crippen LogP contribution in [0.1, 0.15) is 11.6 Å². The number of piperazine rings is 1. The lowest BCUT2D eigenvalue weighted by molar-refractivity contribution is 0.144. The normalized spacial score (nSPS) is 18.8. The number of rotatable bonds is 3. The lowest BCUT2D eigenvalue weighted by atomic mass is 10.0. The van der Waals surface area contributed by atoms with Crippen molar-refractivity contribution < 1.29 is 13.9 Å². The number of halogens is 3. The largest absolute Gasteiger partial charge is 0.505 e. The number of nitrogens with one attached hydrogen (secondary N) is 1. The zero-order valence-electron chi connectivity index (χ0n) is 9.80. The van der Waals surface area contributed by atoms with Gasteiger partial charge in [0.25, 0.3) is 0 Å². The van der Waals surface area contributed by atoms with E-state index >= 15 is 0 Å². The van der Waals surface area contributed by atoms with Crippen LogP contribution in [0.25, 0.3) is 0 Å². The Morgan fingerprint density at radius 2 is 2.06 bits per heavy atom. The first-order valence-corrected chi connectivity index (χ1v) is 6.62. The van der Waals surface area contributed by atoms with Gasteiger partial charge in [0.2, 0.25) is 0 Å². The third-order valence-electron chi connectivity index (χ3n) is 3.20. The molecule has 0 amide bonds. The molecule has 2 rings (SSSR count). The van der Waals surface area contributed by atoms with E-state index < -0.39 is 24.3 Å². The minimum absolute atomic E-state index is 0.182. The molecular formula is C12H15BrF2N2O. The van der Waals surface area contributed by atoms with Gasteiger partial charge in [0.05, 0.1) is 10.5 Å². The third kappa shape index (κ3) is 2.65. The Morgan fingerprint density at radius 1 is 1.39 bits per heavy atom. The Kier molecular flexibility index (Phi) is 4.53. The van der Waals surface area contributed by atoms with Crippen LogP contribution >= 0.6 is 15.9 Å². The van der Waals surface area contributed by atoms with Gasteiger partial charge in [-0.05, 0) is 22.0 Å². The first-order valence-electron chi connectivity index (χ1n) is 5.82. The van der Waals surface area contributed by atoms with Gasteiger partial charge in [-0.2, -0.15) is 0 Å². The number of benzene rings is 1. The summed E-state index contributed by atoms with van der Waals surface area (Å²) >= 11 is 2.99. The fourth-order valence-corrected chi connectivity index (χ4v) is 2.51. The lowest BCUT2D eigenvalue weighted by Gasteiger charge is -2.33. The minimum Gasteiger partial charge on any atom is -0.505 e. The SMILES string of the molecule is Oc1c([C@H](CF)N2CCNCC2)ccc(Br)c1F. The van der Waals surface area contributed by atoms with Crippen LogP contribution < -0.4 is 5.32 Å². The summed E-state index contributed by atoms with van der Waals surface area (Å²) in [6.45, 7) is 2.28. The Balaban J connectivity index is 2.29. The predicted octanol–water partition coefficient (Wildman–Crippen LogP) is 2.21. The van der Waals surface area contributed by atoms with Crippen LogP contribution in [0, 0.1) is 5.82 Å². The van der Waals surface area contributed by atoms with Crippen LogP contribution in [-0.2, 0) is 0 Å². The molecule has 1 aromatic carbocycles. The Bertz CT molecular complexity index is 425. The van der Waals surface area contributed by atoms with E-state index in [0.717, 1.165) is 13.1 Å². The molecule has 0 bridgehead atoms. The molecule has 2 N–H and O–H groups in total. The summed E-state index contributed by atoms with van der Waals surface area (Å²) in [5.41, 5.74) is 0.306. The smallest absolute Gasteiger partial charge is 0.179 e. The molecule has 1 heterocycles. The number of phenols is 1. The molecule has 3 nitrogen and oxygen atoms in total. The summed E-state index contributed by atoms with van der Waals surface area (Å²) in [6.07, 6.45) is 0. The summed E-state index contributed by atoms with van der Waals surface area (Å²) in [4.78, 5) is 1.92. The van der Waals surface area contributed by atoms with Crippen molar-refractivity contribution in [1.82, 2.24) is 10.2 Å². The molecule has 0 spiro atoms. The molecular weight excluding hydrogens is 306 g/mol. The summed E-state index contributed by atoms with van der Waals surface area (Å²) in [6, 6.07) is 2.47. The van der Waals surface area contributed by atoms with E-state index in [1.165, 1.54) is 6.07 Å². The van der Waals surface area contributed by atoms with Crippen LogP contribution in [0.5, 0.6) is 5.75 Å². The van der Waals surface area contributed by atoms with Crippen LogP contribution in [0.2, 0.25) is 0 Å². The molecule has 0 aliphatic carbocycles. The fraction of sp³-hybridized carbons (Fsp3) is 0.500. The highest BCUT2D eigenvalue weighted by Crippen LogP contribution is 2.34. The Morgan fingerprint density at radius 3 is 2.67 bits per heavy atom. The molecule has 6 heteroatoms. The van der Waals surface area contributed by atoms with E-state index in [4.69, 9.17) is 0 Å². The maximum absolute atomic E-state index is 13.6. The Labute approximate surface area is 113 Å². The quantitative estimate of drug-likeness (QED) is 0.896. The number of nitrogens with zero attached hydrogens (tertiary/aromatic N) is 1. The molecule has 1 saturated heterocycles. The van der Waals surface area contributed by atoms with Crippen molar-refractivity contribution in [3.05, 3.63) is 28.0 Å². The monoisotopic (exact) mass is 320 g/mol. The van der Waals surface area contributed by atoms with E-state index in [1.54, 1.807) is 6.07 Å². The standard InChI is InChI=1S/C12H15BrF2N2O/c13-9-2-1-8(12(18)11(9)15)10(7-14)17-5-3-16-4-6-17/h1-2,10,16,18H,3-7H2/t10-/m0/s1. The zero-order chi connectivity index (χ0) is 13.1. The van der Waals surface area contributed by atoms with E-state index in [9.17, 15) is 13.9 Å². The van der Waals surface area contributed by atoms with Crippen molar-refractivity contribution >= 4 is 15.9 Å². The number of phenolic OH excluding ortho intramolecular Hbond substituents is 1. The van der Waals surface area contributed by atoms with Gasteiger partial charge in [0.15, 0.2) is 11.6 Å². The number of aromatic hydroxyl groups is 1. The van der Waals surface area contributed by atoms with Crippen molar-refractivity contribution in [2.75, 3.05) is 32.9 Å². The van der Waals surface area contributed by atoms with Gasteiger partial charge in [-0.15, -0.1) is 0 Å². The van der Waals surface area contributed by atoms with Crippen molar-refractivity contribution in [3.8, 4) is 5.75 Å². The Hall–Kier alpha value is -0.720. The van der Waals surface area contributed by atoms with Gasteiger partial charge in [-0.25, -0.2) is 8.78 Å². The van der Waals surface area contributed by atoms with Crippen molar-refractivity contribution in [2.24, 2.45) is 0 Å². The maximum Gasteiger partial charge on any atom is 0.179 e. The number of hydrogen-bond acceptors (Lipinski definition) is 3. The molecule has 1 aliphatic rings. The average Bonchev–Trinajstić information content (AvgIpc) is 2.41. The first kappa shape index (κ1) is 13.7. The van der Waals surface area contributed by atoms with Crippen LogP contribution in [0.15, 0.2) is 16.6 Å². The highest BCUT2D eigenvalue weighted by atomic mass is 79.9. The molecule has 1 aliphatic heterocycles. The summed E-state index contributed by atoms with van der Waals surface area (Å²) < 4.78 is 27.0. The second-order valence-corrected chi connectivity index (χ2v) is 5.11. The van der Waals surface area contributed by atoms with Crippen LogP contribution in [-0.4, -0.2) is 42.9 Å². The second kappa shape index (κ2) is 5.95. The van der Waals surface area contributed by atoms with E-state index in [0.29, 0.717) is 18.7 Å². The van der Waals surface area contributed by atoms with Gasteiger partial charge < -0.3 is 10.4 Å². The van der Waals surface area contributed by atoms with Gasteiger partial charge >= 0.3 is 0 Å². The molecule has 0 unspecified atom stereocenters. The molecule has 100 valence electrons. The fourth-order valence-electron chi connectivity index (χ4n) is 2.19. The molecule has 18 heavy (non-hydrogen) atoms. The summed E-state index contributed by atoms with van der Waals surface area (Å²) in [5.74, 6) is -1.20. The van der Waals surface area contributed by atoms with E-state index in [1.807, 2.05) is 4.90 Å². The molecule has 1 atom stereocenters. The van der Waals surface area contributed by atoms with Gasteiger partial charge in [-0.1, -0.05) is 6.07 Å². The van der Waals surface area contributed by atoms with Crippen LogP contribution in [0.4, 0.5) is 8.78 Å². The lowest BCUT2D eigenvalue weighted by Crippen LogP contribution is -2.45. The highest BCUT2D eigenvalue weighted by molar-refractivity contribution is 9.10. The molecule has 1 fully saturated rings. The second-order valence-electron chi connectivity index (χ2n) is 4.26. The van der Waals surface area contributed by atoms with E-state index in [2.05, 4.69) is 21.2 Å². The van der Waals surface area contributed by atoms with Gasteiger partial charge in [0, 0.05) is 31.7 Å². The third-order valence-corrected chi connectivity index (χ3v) is 3.81. The van der Waals surface area contributed by atoms with Crippen molar-refractivity contribution in [2.45, 2.75) is 6.04 Å². The minimum atomic E-state index is -0.735. The van der Waals surface area contributed by atoms with Crippen molar-refractivity contribution in [1.29, 1.82) is 0 Å². The summed E-state index contributed by atoms with van der Waals surface area (Å²) in [7, 11) is 0. The van der Waals surface area contributed by atoms with Crippen molar-refractivity contribution in [3.63, 3.8) is 0 Å². The topological polar surface area (TPSA) is 35.5 Å². The van der Waals surface area contributed by atoms with Gasteiger partial charge in [-0.3, -0.25) is 4.90 Å². The average molecular weight is 321 g/mol. The number of hydrogen-bond donors (Lipinski definition) is 2. The molecule has 1 aromatic rings. The molecule has 0 radical (unpaired) electrons. The summed E-state index contributed by atoms with van der Waals surface area (Å²) in [5, 5.41) is 13.0. The number of alkyl halides is 1. The van der Waals surface area contributed by atoms with E-state index in [-0.39, 0.29) is 4.47 Å². The predicted molar refractivity (Wildman–Crippen MR) is 68.9 cm³/mol. The van der Waals surface area contributed by atoms with Crippen LogP contribution in [0.3, 0.4) is 0 Å². The molecule has 0 aromatic heterocycles. The molecule has 0 saturated carbocycles. The maximum atomic E-state index is 13.6.